The maximum absolute atomic E-state index is 5.87. The molecule has 0 radical (unpaired) electrons. The summed E-state index contributed by atoms with van der Waals surface area (Å²) in [6, 6.07) is 8.69. The standard InChI is InChI=1S/C18H31ClN4.4ClH/c19-15-17-3-5-18(6-4-17)16-23-13-2-9-21-11-10-20-7-1-8-22-12-14-23;;;;/h3-6,20-22H,1-2,7-16H2;4*1H. The molecule has 0 saturated carbocycles. The van der Waals surface area contributed by atoms with Gasteiger partial charge in [-0.1, -0.05) is 24.3 Å². The van der Waals surface area contributed by atoms with Crippen LogP contribution in [0.2, 0.25) is 0 Å². The minimum Gasteiger partial charge on any atom is -0.315 e. The summed E-state index contributed by atoms with van der Waals surface area (Å²) in [7, 11) is 0. The molecular weight excluding hydrogens is 449 g/mol. The molecule has 0 atom stereocenters. The van der Waals surface area contributed by atoms with Crippen molar-refractivity contribution in [2.75, 3.05) is 52.4 Å². The number of hydrogen-bond acceptors (Lipinski definition) is 4. The molecule has 1 aliphatic rings. The molecule has 162 valence electrons. The summed E-state index contributed by atoms with van der Waals surface area (Å²) in [5, 5.41) is 10.5. The van der Waals surface area contributed by atoms with Gasteiger partial charge in [0.1, 0.15) is 0 Å². The van der Waals surface area contributed by atoms with Crippen LogP contribution in [0.5, 0.6) is 0 Å². The second kappa shape index (κ2) is 21.2. The predicted molar refractivity (Wildman–Crippen MR) is 128 cm³/mol. The Kier molecular flexibility index (Phi) is 25.3. The van der Waals surface area contributed by atoms with Crippen molar-refractivity contribution in [1.82, 2.24) is 20.9 Å². The van der Waals surface area contributed by atoms with Crippen molar-refractivity contribution >= 4 is 61.2 Å². The second-order valence-corrected chi connectivity index (χ2v) is 6.45. The number of benzene rings is 1. The Morgan fingerprint density at radius 1 is 0.667 bits per heavy atom. The molecule has 0 bridgehead atoms. The molecule has 27 heavy (non-hydrogen) atoms. The fourth-order valence-corrected chi connectivity index (χ4v) is 3.00. The number of rotatable bonds is 3. The zero-order valence-corrected chi connectivity index (χ0v) is 19.8. The van der Waals surface area contributed by atoms with Gasteiger partial charge in [-0.05, 0) is 50.1 Å². The summed E-state index contributed by atoms with van der Waals surface area (Å²) in [6.45, 7) is 9.74. The van der Waals surface area contributed by atoms with Crippen LogP contribution >= 0.6 is 61.2 Å². The van der Waals surface area contributed by atoms with Crippen molar-refractivity contribution in [2.24, 2.45) is 0 Å². The van der Waals surface area contributed by atoms with E-state index in [1.54, 1.807) is 0 Å². The maximum Gasteiger partial charge on any atom is 0.0474 e. The lowest BCUT2D eigenvalue weighted by atomic mass is 10.1. The number of halogens is 5. The number of alkyl halides is 1. The van der Waals surface area contributed by atoms with E-state index in [1.165, 1.54) is 24.0 Å². The molecule has 0 spiro atoms. The SMILES string of the molecule is Cl.Cl.Cl.Cl.ClCc1ccc(CN2CCCNCCNCCCNCC2)cc1. The molecule has 1 saturated heterocycles. The van der Waals surface area contributed by atoms with E-state index in [4.69, 9.17) is 11.6 Å². The van der Waals surface area contributed by atoms with E-state index in [-0.39, 0.29) is 49.6 Å². The van der Waals surface area contributed by atoms with Crippen LogP contribution in [0.3, 0.4) is 0 Å². The fourth-order valence-electron chi connectivity index (χ4n) is 2.82. The van der Waals surface area contributed by atoms with E-state index in [1.807, 2.05) is 0 Å². The van der Waals surface area contributed by atoms with Crippen LogP contribution < -0.4 is 16.0 Å². The van der Waals surface area contributed by atoms with Gasteiger partial charge >= 0.3 is 0 Å². The largest absolute Gasteiger partial charge is 0.315 e. The van der Waals surface area contributed by atoms with Gasteiger partial charge in [-0.25, -0.2) is 0 Å². The second-order valence-electron chi connectivity index (χ2n) is 6.18. The molecule has 1 fully saturated rings. The van der Waals surface area contributed by atoms with Crippen LogP contribution in [-0.4, -0.2) is 57.3 Å². The first-order chi connectivity index (χ1) is 11.4. The molecule has 1 aromatic rings. The van der Waals surface area contributed by atoms with Crippen molar-refractivity contribution < 1.29 is 0 Å². The third-order valence-electron chi connectivity index (χ3n) is 4.20. The summed E-state index contributed by atoms with van der Waals surface area (Å²) in [5.41, 5.74) is 2.56. The van der Waals surface area contributed by atoms with Gasteiger partial charge in [0.25, 0.3) is 0 Å². The van der Waals surface area contributed by atoms with Gasteiger partial charge in [-0.3, -0.25) is 4.90 Å². The monoisotopic (exact) mass is 482 g/mol. The Labute approximate surface area is 194 Å². The highest BCUT2D eigenvalue weighted by molar-refractivity contribution is 6.17. The van der Waals surface area contributed by atoms with E-state index in [9.17, 15) is 0 Å². The molecule has 2 rings (SSSR count). The zero-order valence-electron chi connectivity index (χ0n) is 15.8. The maximum atomic E-state index is 5.87. The number of nitrogens with zero attached hydrogens (tertiary/aromatic N) is 1. The van der Waals surface area contributed by atoms with Crippen LogP contribution in [0.4, 0.5) is 0 Å². The minimum absolute atomic E-state index is 0. The van der Waals surface area contributed by atoms with Crippen LogP contribution in [0.25, 0.3) is 0 Å². The van der Waals surface area contributed by atoms with E-state index in [2.05, 4.69) is 45.1 Å². The van der Waals surface area contributed by atoms with Crippen molar-refractivity contribution in [3.8, 4) is 0 Å². The molecule has 1 heterocycles. The van der Waals surface area contributed by atoms with E-state index < -0.39 is 0 Å². The first-order valence-corrected chi connectivity index (χ1v) is 9.40. The molecule has 0 unspecified atom stereocenters. The third-order valence-corrected chi connectivity index (χ3v) is 4.51. The molecule has 4 nitrogen and oxygen atoms in total. The number of hydrogen-bond donors (Lipinski definition) is 3. The van der Waals surface area contributed by atoms with Crippen LogP contribution in [0.1, 0.15) is 24.0 Å². The molecule has 0 aliphatic carbocycles. The van der Waals surface area contributed by atoms with Crippen molar-refractivity contribution in [2.45, 2.75) is 25.3 Å². The quantitative estimate of drug-likeness (QED) is 0.575. The zero-order chi connectivity index (χ0) is 16.2. The summed E-state index contributed by atoms with van der Waals surface area (Å²) in [4.78, 5) is 2.55. The fraction of sp³-hybridized carbons (Fsp3) is 0.667. The summed E-state index contributed by atoms with van der Waals surface area (Å²) >= 11 is 5.87. The van der Waals surface area contributed by atoms with Crippen molar-refractivity contribution in [3.05, 3.63) is 35.4 Å². The van der Waals surface area contributed by atoms with Gasteiger partial charge < -0.3 is 16.0 Å². The molecule has 1 aliphatic heterocycles. The molecule has 3 N–H and O–H groups in total. The van der Waals surface area contributed by atoms with Gasteiger partial charge in [0.2, 0.25) is 0 Å². The van der Waals surface area contributed by atoms with E-state index in [0.29, 0.717) is 5.88 Å². The Hall–Kier alpha value is 0.510. The van der Waals surface area contributed by atoms with Gasteiger partial charge in [-0.2, -0.15) is 0 Å². The normalized spacial score (nSPS) is 17.1. The highest BCUT2D eigenvalue weighted by Crippen LogP contribution is 2.09. The van der Waals surface area contributed by atoms with Gasteiger partial charge in [0, 0.05) is 38.6 Å². The summed E-state index contributed by atoms with van der Waals surface area (Å²) in [6.07, 6.45) is 2.39. The van der Waals surface area contributed by atoms with Gasteiger partial charge in [-0.15, -0.1) is 61.2 Å². The average Bonchev–Trinajstić information content (AvgIpc) is 2.59. The lowest BCUT2D eigenvalue weighted by Gasteiger charge is -2.23. The molecule has 1 aromatic carbocycles. The molecular formula is C18H35Cl5N4. The number of nitrogens with one attached hydrogen (secondary N) is 3. The summed E-state index contributed by atoms with van der Waals surface area (Å²) in [5.74, 6) is 0.592. The first kappa shape index (κ1) is 32.2. The molecule has 0 amide bonds. The Morgan fingerprint density at radius 3 is 1.78 bits per heavy atom. The Bertz CT molecular complexity index is 409. The molecule has 0 aromatic heterocycles. The topological polar surface area (TPSA) is 39.3 Å². The van der Waals surface area contributed by atoms with Crippen LogP contribution in [0, 0.1) is 0 Å². The molecule has 9 heteroatoms. The first-order valence-electron chi connectivity index (χ1n) is 8.87. The summed E-state index contributed by atoms with van der Waals surface area (Å²) < 4.78 is 0. The Balaban J connectivity index is -0.00000144. The van der Waals surface area contributed by atoms with E-state index >= 15 is 0 Å². The highest BCUT2D eigenvalue weighted by atomic mass is 35.5. The van der Waals surface area contributed by atoms with Crippen molar-refractivity contribution in [3.63, 3.8) is 0 Å². The lowest BCUT2D eigenvalue weighted by Crippen LogP contribution is -2.36. The minimum atomic E-state index is 0. The smallest absolute Gasteiger partial charge is 0.0474 e. The van der Waals surface area contributed by atoms with Crippen molar-refractivity contribution in [1.29, 1.82) is 0 Å². The predicted octanol–water partition coefficient (Wildman–Crippen LogP) is 3.48. The van der Waals surface area contributed by atoms with Gasteiger partial charge in [0.05, 0.1) is 0 Å². The van der Waals surface area contributed by atoms with Gasteiger partial charge in [0.15, 0.2) is 0 Å². The average molecular weight is 485 g/mol. The van der Waals surface area contributed by atoms with Crippen LogP contribution in [-0.2, 0) is 12.4 Å². The lowest BCUT2D eigenvalue weighted by molar-refractivity contribution is 0.260. The third kappa shape index (κ3) is 15.1. The van der Waals surface area contributed by atoms with E-state index in [0.717, 1.165) is 58.9 Å². The van der Waals surface area contributed by atoms with Crippen LogP contribution in [0.15, 0.2) is 24.3 Å². The highest BCUT2D eigenvalue weighted by Gasteiger charge is 2.06. The Morgan fingerprint density at radius 2 is 1.19 bits per heavy atom.